The summed E-state index contributed by atoms with van der Waals surface area (Å²) in [5.41, 5.74) is 0. The lowest BCUT2D eigenvalue weighted by molar-refractivity contribution is 0.0358. The number of hydrogen-bond donors (Lipinski definition) is 0. The van der Waals surface area contributed by atoms with E-state index in [0.29, 0.717) is 0 Å². The number of hydrogen-bond acceptors (Lipinski definition) is 0. The van der Waals surface area contributed by atoms with Crippen molar-refractivity contribution >= 4 is 0 Å². The van der Waals surface area contributed by atoms with Gasteiger partial charge in [-0.2, -0.15) is 0 Å². The molecule has 0 saturated heterocycles. The standard InChI is InChI=1S/C18H22/c1-8-4-11-6-12(8)18-14-7-13(17(11)18)15-9-2-3-10(5-9)16(14)15/h8-18H,4-7H2,1H3. The van der Waals surface area contributed by atoms with Gasteiger partial charge >= 0.3 is 0 Å². The highest BCUT2D eigenvalue weighted by molar-refractivity contribution is 5.30. The molecule has 0 aliphatic heterocycles. The largest absolute Gasteiger partial charge is 0.0992 e. The Morgan fingerprint density at radius 2 is 1.39 bits per heavy atom. The van der Waals surface area contributed by atoms with E-state index in [4.69, 9.17) is 0 Å². The van der Waals surface area contributed by atoms with E-state index in [2.05, 4.69) is 18.8 Å². The van der Waals surface area contributed by atoms with Gasteiger partial charge in [0.1, 0.15) is 0 Å². The van der Waals surface area contributed by atoms with Crippen LogP contribution in [-0.2, 0) is 0 Å². The zero-order chi connectivity index (χ0) is 11.6. The van der Waals surface area contributed by atoms with Gasteiger partial charge in [-0.25, -0.2) is 0 Å². The van der Waals surface area contributed by atoms with E-state index in [0.717, 1.165) is 59.2 Å². The Morgan fingerprint density at radius 3 is 2.17 bits per heavy atom. The molecular weight excluding hydrogens is 216 g/mol. The average Bonchev–Trinajstić information content (AvgIpc) is 3.14. The molecule has 11 atom stereocenters. The van der Waals surface area contributed by atoms with E-state index in [-0.39, 0.29) is 0 Å². The maximum atomic E-state index is 3.60. The van der Waals surface area contributed by atoms with Crippen LogP contribution < -0.4 is 0 Å². The monoisotopic (exact) mass is 238 g/mol. The first-order chi connectivity index (χ1) is 8.83. The van der Waals surface area contributed by atoms with Crippen LogP contribution in [0.2, 0.25) is 0 Å². The zero-order valence-electron chi connectivity index (χ0n) is 11.2. The number of rotatable bonds is 0. The smallest absolute Gasteiger partial charge is 0.0249 e. The first kappa shape index (κ1) is 9.46. The molecule has 0 heteroatoms. The normalized spacial score (nSPS) is 72.4. The Bertz CT molecular complexity index is 494. The van der Waals surface area contributed by atoms with E-state index in [1.165, 1.54) is 12.3 Å². The van der Waals surface area contributed by atoms with Crippen LogP contribution in [0.15, 0.2) is 0 Å². The van der Waals surface area contributed by atoms with Crippen LogP contribution in [0.25, 0.3) is 0 Å². The Kier molecular flexibility index (Phi) is 1.42. The van der Waals surface area contributed by atoms with Crippen LogP contribution in [0.3, 0.4) is 0 Å². The number of fused-ring (bicyclic) bond motifs is 16. The van der Waals surface area contributed by atoms with Crippen molar-refractivity contribution in [1.29, 1.82) is 0 Å². The third kappa shape index (κ3) is 0.791. The van der Waals surface area contributed by atoms with E-state index in [9.17, 15) is 0 Å². The second-order valence-electron chi connectivity index (χ2n) is 8.48. The van der Waals surface area contributed by atoms with Gasteiger partial charge in [0.2, 0.25) is 0 Å². The minimum Gasteiger partial charge on any atom is -0.0992 e. The molecule has 5 saturated carbocycles. The van der Waals surface area contributed by atoms with Gasteiger partial charge in [-0.3, -0.25) is 0 Å². The minimum absolute atomic E-state index is 0.838. The fourth-order valence-corrected chi connectivity index (χ4v) is 8.29. The molecule has 6 bridgehead atoms. The molecule has 0 aromatic rings. The molecule has 6 aliphatic rings. The summed E-state index contributed by atoms with van der Waals surface area (Å²) in [7, 11) is 0. The van der Waals surface area contributed by atoms with Crippen molar-refractivity contribution in [3.05, 3.63) is 0 Å². The zero-order valence-corrected chi connectivity index (χ0v) is 11.2. The molecule has 6 aliphatic carbocycles. The minimum atomic E-state index is 0.838. The van der Waals surface area contributed by atoms with Gasteiger partial charge in [-0.1, -0.05) is 18.8 Å². The summed E-state index contributed by atoms with van der Waals surface area (Å²) in [6, 6.07) is 0. The van der Waals surface area contributed by atoms with Gasteiger partial charge in [-0.05, 0) is 78.9 Å². The summed E-state index contributed by atoms with van der Waals surface area (Å²) >= 11 is 0. The predicted octanol–water partition coefficient (Wildman–Crippen LogP) is 3.43. The van der Waals surface area contributed by atoms with Crippen molar-refractivity contribution in [3.8, 4) is 11.8 Å². The van der Waals surface area contributed by atoms with Gasteiger partial charge in [0, 0.05) is 11.8 Å². The first-order valence-electron chi connectivity index (χ1n) is 8.34. The second-order valence-corrected chi connectivity index (χ2v) is 8.48. The van der Waals surface area contributed by atoms with Crippen molar-refractivity contribution in [2.75, 3.05) is 0 Å². The lowest BCUT2D eigenvalue weighted by Gasteiger charge is -2.44. The van der Waals surface area contributed by atoms with Crippen molar-refractivity contribution < 1.29 is 0 Å². The first-order valence-corrected chi connectivity index (χ1v) is 8.34. The van der Waals surface area contributed by atoms with Crippen molar-refractivity contribution in [1.82, 2.24) is 0 Å². The van der Waals surface area contributed by atoms with Crippen molar-refractivity contribution in [3.63, 3.8) is 0 Å². The Morgan fingerprint density at radius 1 is 0.667 bits per heavy atom. The van der Waals surface area contributed by atoms with Gasteiger partial charge in [0.25, 0.3) is 0 Å². The van der Waals surface area contributed by atoms with Crippen molar-refractivity contribution in [2.24, 2.45) is 65.1 Å². The van der Waals surface area contributed by atoms with Gasteiger partial charge < -0.3 is 0 Å². The molecule has 11 unspecified atom stereocenters. The second kappa shape index (κ2) is 2.70. The Hall–Kier alpha value is -0.440. The third-order valence-electron chi connectivity index (χ3n) is 8.32. The quantitative estimate of drug-likeness (QED) is 0.448. The van der Waals surface area contributed by atoms with Crippen LogP contribution in [0.5, 0.6) is 0 Å². The van der Waals surface area contributed by atoms with Crippen molar-refractivity contribution in [2.45, 2.75) is 32.6 Å². The molecule has 0 spiro atoms. The van der Waals surface area contributed by atoms with E-state index in [1.807, 2.05) is 0 Å². The lowest BCUT2D eigenvalue weighted by atomic mass is 9.60. The molecular formula is C18H22. The summed E-state index contributed by atoms with van der Waals surface area (Å²) in [6.45, 7) is 2.55. The fourth-order valence-electron chi connectivity index (χ4n) is 8.29. The van der Waals surface area contributed by atoms with Gasteiger partial charge in [-0.15, -0.1) is 0 Å². The summed E-state index contributed by atoms with van der Waals surface area (Å²) < 4.78 is 0. The van der Waals surface area contributed by atoms with E-state index < -0.39 is 0 Å². The van der Waals surface area contributed by atoms with Gasteiger partial charge in [0.05, 0.1) is 0 Å². The lowest BCUT2D eigenvalue weighted by Crippen LogP contribution is -2.41. The third-order valence-corrected chi connectivity index (χ3v) is 8.32. The molecule has 0 aromatic carbocycles. The highest BCUT2D eigenvalue weighted by Gasteiger charge is 2.70. The average molecular weight is 238 g/mol. The SMILES string of the molecule is CC1CC2CC1C1C3CC(C4C5C#CC(C5)C34)C21. The molecule has 0 radical (unpaired) electrons. The van der Waals surface area contributed by atoms with Crippen LogP contribution in [0.4, 0.5) is 0 Å². The molecule has 0 heterocycles. The van der Waals surface area contributed by atoms with Crippen LogP contribution in [0, 0.1) is 76.9 Å². The topological polar surface area (TPSA) is 0 Å². The molecule has 18 heavy (non-hydrogen) atoms. The summed E-state index contributed by atoms with van der Waals surface area (Å²) in [5.74, 6) is 18.9. The van der Waals surface area contributed by atoms with Crippen LogP contribution in [0.1, 0.15) is 32.6 Å². The highest BCUT2D eigenvalue weighted by Crippen LogP contribution is 2.75. The van der Waals surface area contributed by atoms with Crippen LogP contribution >= 0.6 is 0 Å². The maximum Gasteiger partial charge on any atom is 0.0249 e. The highest BCUT2D eigenvalue weighted by atomic mass is 14.7. The van der Waals surface area contributed by atoms with Crippen LogP contribution in [-0.4, -0.2) is 0 Å². The molecule has 0 aromatic heterocycles. The Balaban J connectivity index is 1.47. The molecule has 5 fully saturated rings. The summed E-state index contributed by atoms with van der Waals surface area (Å²) in [5, 5.41) is 0. The molecule has 0 nitrogen and oxygen atoms in total. The molecule has 6 rings (SSSR count). The summed E-state index contributed by atoms with van der Waals surface area (Å²) in [4.78, 5) is 0. The predicted molar refractivity (Wildman–Crippen MR) is 70.3 cm³/mol. The van der Waals surface area contributed by atoms with Gasteiger partial charge in [0.15, 0.2) is 0 Å². The molecule has 0 N–H and O–H groups in total. The molecule has 0 amide bonds. The fraction of sp³-hybridized carbons (Fsp3) is 0.889. The maximum absolute atomic E-state index is 3.60. The molecule has 94 valence electrons. The van der Waals surface area contributed by atoms with E-state index >= 15 is 0 Å². The Labute approximate surface area is 110 Å². The summed E-state index contributed by atoms with van der Waals surface area (Å²) in [6.07, 6.45) is 6.23. The van der Waals surface area contributed by atoms with E-state index in [1.54, 1.807) is 19.3 Å².